The molecule has 0 aliphatic carbocycles. The summed E-state index contributed by atoms with van der Waals surface area (Å²) in [5, 5.41) is 4.67. The highest BCUT2D eigenvalue weighted by molar-refractivity contribution is 9.08. The van der Waals surface area contributed by atoms with Crippen LogP contribution in [0.1, 0.15) is 57.3 Å². The molecule has 1 heterocycles. The summed E-state index contributed by atoms with van der Waals surface area (Å²) in [6.07, 6.45) is 7.38. The standard InChI is InChI=1S/C13H22BrNO2/c1-3-5-6-7-8-9-11-12(10-14)17-15-13(11)16-4-2/h3-10H2,1-2H3. The van der Waals surface area contributed by atoms with Crippen LogP contribution in [-0.2, 0) is 11.8 Å². The van der Waals surface area contributed by atoms with E-state index in [1.165, 1.54) is 32.1 Å². The van der Waals surface area contributed by atoms with Gasteiger partial charge in [0.2, 0.25) is 0 Å². The molecule has 3 nitrogen and oxygen atoms in total. The first-order valence-electron chi connectivity index (χ1n) is 6.49. The van der Waals surface area contributed by atoms with Crippen molar-refractivity contribution in [1.29, 1.82) is 0 Å². The molecule has 1 rings (SSSR count). The molecule has 0 fully saturated rings. The predicted octanol–water partition coefficient (Wildman–Crippen LogP) is 4.48. The van der Waals surface area contributed by atoms with Gasteiger partial charge in [-0.25, -0.2) is 0 Å². The van der Waals surface area contributed by atoms with E-state index in [9.17, 15) is 0 Å². The zero-order chi connectivity index (χ0) is 12.5. The van der Waals surface area contributed by atoms with E-state index >= 15 is 0 Å². The van der Waals surface area contributed by atoms with Gasteiger partial charge >= 0.3 is 0 Å². The average molecular weight is 304 g/mol. The lowest BCUT2D eigenvalue weighted by atomic mass is 10.1. The monoisotopic (exact) mass is 303 g/mol. The normalized spacial score (nSPS) is 10.8. The van der Waals surface area contributed by atoms with Crippen LogP contribution in [0.3, 0.4) is 0 Å². The van der Waals surface area contributed by atoms with Gasteiger partial charge < -0.3 is 9.26 Å². The van der Waals surface area contributed by atoms with Crippen LogP contribution in [0.25, 0.3) is 0 Å². The lowest BCUT2D eigenvalue weighted by Crippen LogP contribution is -1.97. The van der Waals surface area contributed by atoms with Gasteiger partial charge in [-0.05, 0) is 24.9 Å². The highest BCUT2D eigenvalue weighted by Crippen LogP contribution is 2.25. The summed E-state index contributed by atoms with van der Waals surface area (Å²) in [5.74, 6) is 1.58. The molecule has 4 heteroatoms. The number of rotatable bonds is 9. The molecule has 0 aliphatic heterocycles. The molecule has 0 radical (unpaired) electrons. The van der Waals surface area contributed by atoms with Crippen molar-refractivity contribution in [3.63, 3.8) is 0 Å². The Morgan fingerprint density at radius 2 is 1.94 bits per heavy atom. The summed E-state index contributed by atoms with van der Waals surface area (Å²) < 4.78 is 10.7. The van der Waals surface area contributed by atoms with Gasteiger partial charge in [0.1, 0.15) is 0 Å². The molecule has 0 spiro atoms. The first kappa shape index (κ1) is 14.6. The van der Waals surface area contributed by atoms with Crippen LogP contribution in [0.4, 0.5) is 0 Å². The van der Waals surface area contributed by atoms with E-state index in [-0.39, 0.29) is 0 Å². The molecule has 0 atom stereocenters. The third-order valence-corrected chi connectivity index (χ3v) is 3.28. The van der Waals surface area contributed by atoms with Crippen molar-refractivity contribution < 1.29 is 9.26 Å². The summed E-state index contributed by atoms with van der Waals surface area (Å²) >= 11 is 3.42. The van der Waals surface area contributed by atoms with Crippen molar-refractivity contribution in [1.82, 2.24) is 5.16 Å². The van der Waals surface area contributed by atoms with Crippen molar-refractivity contribution in [3.8, 4) is 5.88 Å². The van der Waals surface area contributed by atoms with Crippen molar-refractivity contribution in [3.05, 3.63) is 11.3 Å². The number of alkyl halides is 1. The quantitative estimate of drug-likeness (QED) is 0.498. The van der Waals surface area contributed by atoms with E-state index < -0.39 is 0 Å². The van der Waals surface area contributed by atoms with E-state index in [1.807, 2.05) is 6.92 Å². The molecule has 0 amide bonds. The summed E-state index contributed by atoms with van der Waals surface area (Å²) in [5.41, 5.74) is 1.14. The molecule has 0 unspecified atom stereocenters. The fourth-order valence-electron chi connectivity index (χ4n) is 1.83. The molecule has 1 aromatic rings. The van der Waals surface area contributed by atoms with Gasteiger partial charge in [0.25, 0.3) is 5.88 Å². The van der Waals surface area contributed by atoms with Crippen LogP contribution in [0, 0.1) is 0 Å². The molecule has 0 saturated heterocycles. The third-order valence-electron chi connectivity index (χ3n) is 2.77. The number of nitrogens with zero attached hydrogens (tertiary/aromatic N) is 1. The molecule has 98 valence electrons. The molecule has 0 saturated carbocycles. The number of aromatic nitrogens is 1. The van der Waals surface area contributed by atoms with Gasteiger partial charge in [0, 0.05) is 0 Å². The van der Waals surface area contributed by atoms with Crippen LogP contribution >= 0.6 is 15.9 Å². The summed E-state index contributed by atoms with van der Waals surface area (Å²) in [6.45, 7) is 4.83. The van der Waals surface area contributed by atoms with Crippen LogP contribution in [-0.4, -0.2) is 11.8 Å². The van der Waals surface area contributed by atoms with Crippen LogP contribution < -0.4 is 4.74 Å². The zero-order valence-electron chi connectivity index (χ0n) is 10.8. The first-order valence-corrected chi connectivity index (χ1v) is 7.61. The van der Waals surface area contributed by atoms with Crippen LogP contribution in [0.15, 0.2) is 4.52 Å². The average Bonchev–Trinajstić information content (AvgIpc) is 2.72. The largest absolute Gasteiger partial charge is 0.476 e. The SMILES string of the molecule is CCCCCCCc1c(OCC)noc1CBr. The van der Waals surface area contributed by atoms with Crippen molar-refractivity contribution >= 4 is 15.9 Å². The van der Waals surface area contributed by atoms with E-state index in [0.717, 1.165) is 17.7 Å². The predicted molar refractivity (Wildman–Crippen MR) is 72.8 cm³/mol. The summed E-state index contributed by atoms with van der Waals surface area (Å²) in [4.78, 5) is 0. The molecular weight excluding hydrogens is 282 g/mol. The fraction of sp³-hybridized carbons (Fsp3) is 0.769. The van der Waals surface area contributed by atoms with Crippen molar-refractivity contribution in [2.24, 2.45) is 0 Å². The third kappa shape index (κ3) is 4.70. The Kier molecular flexibility index (Phi) is 7.33. The maximum atomic E-state index is 5.47. The van der Waals surface area contributed by atoms with Crippen LogP contribution in [0.2, 0.25) is 0 Å². The van der Waals surface area contributed by atoms with Crippen molar-refractivity contribution in [2.75, 3.05) is 6.61 Å². The zero-order valence-corrected chi connectivity index (χ0v) is 12.4. The minimum absolute atomic E-state index is 0.636. The second-order valence-corrected chi connectivity index (χ2v) is 4.68. The minimum atomic E-state index is 0.636. The van der Waals surface area contributed by atoms with Crippen LogP contribution in [0.5, 0.6) is 5.88 Å². The summed E-state index contributed by atoms with van der Waals surface area (Å²) in [6, 6.07) is 0. The maximum Gasteiger partial charge on any atom is 0.257 e. The molecule has 0 aromatic carbocycles. The van der Waals surface area contributed by atoms with Gasteiger partial charge in [-0.1, -0.05) is 48.5 Å². The Labute approximate surface area is 112 Å². The molecule has 0 N–H and O–H groups in total. The highest BCUT2D eigenvalue weighted by atomic mass is 79.9. The molecule has 1 aromatic heterocycles. The van der Waals surface area contributed by atoms with E-state index in [4.69, 9.17) is 9.26 Å². The molecule has 0 bridgehead atoms. The number of unbranched alkanes of at least 4 members (excludes halogenated alkanes) is 4. The lowest BCUT2D eigenvalue weighted by Gasteiger charge is -2.03. The Hall–Kier alpha value is -0.510. The highest BCUT2D eigenvalue weighted by Gasteiger charge is 2.15. The van der Waals surface area contributed by atoms with E-state index in [1.54, 1.807) is 0 Å². The minimum Gasteiger partial charge on any atom is -0.476 e. The Balaban J connectivity index is 2.46. The summed E-state index contributed by atoms with van der Waals surface area (Å²) in [7, 11) is 0. The van der Waals surface area contributed by atoms with Gasteiger partial charge in [-0.2, -0.15) is 0 Å². The van der Waals surface area contributed by atoms with Gasteiger partial charge in [-0.15, -0.1) is 0 Å². The van der Waals surface area contributed by atoms with Crippen molar-refractivity contribution in [2.45, 2.75) is 57.7 Å². The first-order chi connectivity index (χ1) is 8.33. The second-order valence-electron chi connectivity index (χ2n) is 4.12. The van der Waals surface area contributed by atoms with Gasteiger partial charge in [0.15, 0.2) is 5.76 Å². The molecule has 0 aliphatic rings. The maximum absolute atomic E-state index is 5.47. The number of halogens is 1. The number of hydrogen-bond acceptors (Lipinski definition) is 3. The fourth-order valence-corrected chi connectivity index (χ4v) is 2.27. The molecule has 17 heavy (non-hydrogen) atoms. The van der Waals surface area contributed by atoms with Gasteiger partial charge in [0.05, 0.1) is 17.5 Å². The Bertz CT molecular complexity index is 312. The second kappa shape index (κ2) is 8.56. The topological polar surface area (TPSA) is 35.3 Å². The Morgan fingerprint density at radius 1 is 1.18 bits per heavy atom. The number of ether oxygens (including phenoxy) is 1. The van der Waals surface area contributed by atoms with E-state index in [0.29, 0.717) is 17.8 Å². The smallest absolute Gasteiger partial charge is 0.257 e. The number of hydrogen-bond donors (Lipinski definition) is 0. The van der Waals surface area contributed by atoms with E-state index in [2.05, 4.69) is 28.0 Å². The lowest BCUT2D eigenvalue weighted by molar-refractivity contribution is 0.290. The Morgan fingerprint density at radius 3 is 2.59 bits per heavy atom. The van der Waals surface area contributed by atoms with Gasteiger partial charge in [-0.3, -0.25) is 0 Å². The molecular formula is C13H22BrNO2.